The van der Waals surface area contributed by atoms with Crippen molar-refractivity contribution in [1.29, 1.82) is 0 Å². The quantitative estimate of drug-likeness (QED) is 0.598. The number of benzene rings is 1. The SMILES string of the molecule is Cc1c(N)cccc1NC1CCCCCC1C. The highest BCUT2D eigenvalue weighted by Crippen LogP contribution is 2.28. The van der Waals surface area contributed by atoms with Gasteiger partial charge in [-0.25, -0.2) is 0 Å². The minimum atomic E-state index is 0.609. The van der Waals surface area contributed by atoms with E-state index in [4.69, 9.17) is 5.73 Å². The summed E-state index contributed by atoms with van der Waals surface area (Å²) in [5, 5.41) is 3.70. The number of nitrogen functional groups attached to an aromatic ring is 1. The van der Waals surface area contributed by atoms with Gasteiger partial charge in [0, 0.05) is 17.4 Å². The van der Waals surface area contributed by atoms with Crippen molar-refractivity contribution in [3.8, 4) is 0 Å². The largest absolute Gasteiger partial charge is 0.398 e. The standard InChI is InChI=1S/C15H24N2/c1-11-7-4-3-5-9-14(11)17-15-10-6-8-13(16)12(15)2/h6,8,10-11,14,17H,3-5,7,9,16H2,1-2H3. The predicted molar refractivity (Wildman–Crippen MR) is 75.3 cm³/mol. The van der Waals surface area contributed by atoms with Crippen LogP contribution in [0.3, 0.4) is 0 Å². The van der Waals surface area contributed by atoms with Crippen LogP contribution < -0.4 is 11.1 Å². The fourth-order valence-electron chi connectivity index (χ4n) is 2.72. The Morgan fingerprint density at radius 3 is 2.76 bits per heavy atom. The maximum absolute atomic E-state index is 5.95. The molecule has 94 valence electrons. The van der Waals surface area contributed by atoms with Crippen LogP contribution in [0.2, 0.25) is 0 Å². The van der Waals surface area contributed by atoms with Crippen LogP contribution in [0.25, 0.3) is 0 Å². The first-order valence-corrected chi connectivity index (χ1v) is 6.80. The predicted octanol–water partition coefficient (Wildman–Crippen LogP) is 3.96. The average Bonchev–Trinajstić information content (AvgIpc) is 2.51. The van der Waals surface area contributed by atoms with Crippen LogP contribution in [0.15, 0.2) is 18.2 Å². The maximum Gasteiger partial charge on any atom is 0.0392 e. The second kappa shape index (κ2) is 5.44. The molecule has 1 aliphatic carbocycles. The molecular formula is C15H24N2. The summed E-state index contributed by atoms with van der Waals surface area (Å²) in [5.74, 6) is 0.762. The number of hydrogen-bond acceptors (Lipinski definition) is 2. The first kappa shape index (κ1) is 12.3. The third-order valence-electron chi connectivity index (χ3n) is 4.08. The fourth-order valence-corrected chi connectivity index (χ4v) is 2.72. The van der Waals surface area contributed by atoms with Crippen molar-refractivity contribution in [3.63, 3.8) is 0 Å². The van der Waals surface area contributed by atoms with Crippen molar-refractivity contribution < 1.29 is 0 Å². The molecule has 1 aromatic rings. The normalized spacial score (nSPS) is 25.3. The molecule has 1 aliphatic rings. The van der Waals surface area contributed by atoms with Gasteiger partial charge in [0.05, 0.1) is 0 Å². The highest BCUT2D eigenvalue weighted by Gasteiger charge is 2.20. The van der Waals surface area contributed by atoms with Crippen LogP contribution in [0.5, 0.6) is 0 Å². The molecule has 1 saturated carbocycles. The van der Waals surface area contributed by atoms with Gasteiger partial charge in [-0.05, 0) is 43.4 Å². The van der Waals surface area contributed by atoms with Crippen LogP contribution in [0, 0.1) is 12.8 Å². The van der Waals surface area contributed by atoms with Gasteiger partial charge in [-0.3, -0.25) is 0 Å². The highest BCUT2D eigenvalue weighted by molar-refractivity contribution is 5.63. The molecule has 2 atom stereocenters. The van der Waals surface area contributed by atoms with Crippen LogP contribution in [0.4, 0.5) is 11.4 Å². The van der Waals surface area contributed by atoms with Gasteiger partial charge in [-0.1, -0.05) is 32.3 Å². The van der Waals surface area contributed by atoms with Crippen molar-refractivity contribution >= 4 is 11.4 Å². The van der Waals surface area contributed by atoms with E-state index in [9.17, 15) is 0 Å². The molecule has 0 spiro atoms. The summed E-state index contributed by atoms with van der Waals surface area (Å²) in [6.45, 7) is 4.46. The highest BCUT2D eigenvalue weighted by atomic mass is 14.9. The van der Waals surface area contributed by atoms with Crippen LogP contribution >= 0.6 is 0 Å². The Morgan fingerprint density at radius 2 is 1.94 bits per heavy atom. The molecule has 2 unspecified atom stereocenters. The molecule has 0 saturated heterocycles. The molecule has 1 aromatic carbocycles. The summed E-state index contributed by atoms with van der Waals surface area (Å²) in [5.41, 5.74) is 9.23. The van der Waals surface area contributed by atoms with Gasteiger partial charge in [0.1, 0.15) is 0 Å². The van der Waals surface area contributed by atoms with E-state index in [1.165, 1.54) is 43.4 Å². The molecule has 2 nitrogen and oxygen atoms in total. The monoisotopic (exact) mass is 232 g/mol. The van der Waals surface area contributed by atoms with Crippen molar-refractivity contribution in [2.45, 2.75) is 52.0 Å². The average molecular weight is 232 g/mol. The van der Waals surface area contributed by atoms with Gasteiger partial charge < -0.3 is 11.1 Å². The lowest BCUT2D eigenvalue weighted by molar-refractivity contribution is 0.456. The van der Waals surface area contributed by atoms with E-state index in [-0.39, 0.29) is 0 Å². The van der Waals surface area contributed by atoms with Crippen molar-refractivity contribution in [1.82, 2.24) is 0 Å². The van der Waals surface area contributed by atoms with Gasteiger partial charge in [0.2, 0.25) is 0 Å². The second-order valence-corrected chi connectivity index (χ2v) is 5.39. The Bertz CT molecular complexity index is 373. The van der Waals surface area contributed by atoms with E-state index in [1.807, 2.05) is 12.1 Å². The lowest BCUT2D eigenvalue weighted by Gasteiger charge is -2.25. The lowest BCUT2D eigenvalue weighted by atomic mass is 9.96. The van der Waals surface area contributed by atoms with E-state index in [1.54, 1.807) is 0 Å². The van der Waals surface area contributed by atoms with Crippen molar-refractivity contribution in [2.24, 2.45) is 5.92 Å². The van der Waals surface area contributed by atoms with Crippen molar-refractivity contribution in [2.75, 3.05) is 11.1 Å². The zero-order valence-corrected chi connectivity index (χ0v) is 11.0. The summed E-state index contributed by atoms with van der Waals surface area (Å²) in [6.07, 6.45) is 6.76. The zero-order valence-electron chi connectivity index (χ0n) is 11.0. The Kier molecular flexibility index (Phi) is 3.93. The topological polar surface area (TPSA) is 38.0 Å². The van der Waals surface area contributed by atoms with Crippen LogP contribution in [0.1, 0.15) is 44.6 Å². The number of nitrogens with two attached hydrogens (primary N) is 1. The van der Waals surface area contributed by atoms with E-state index in [2.05, 4.69) is 25.2 Å². The van der Waals surface area contributed by atoms with Gasteiger partial charge in [-0.2, -0.15) is 0 Å². The molecule has 2 heteroatoms. The molecule has 0 amide bonds. The smallest absolute Gasteiger partial charge is 0.0392 e. The fraction of sp³-hybridized carbons (Fsp3) is 0.600. The number of hydrogen-bond donors (Lipinski definition) is 2. The number of anilines is 2. The van der Waals surface area contributed by atoms with E-state index < -0.39 is 0 Å². The van der Waals surface area contributed by atoms with Gasteiger partial charge in [-0.15, -0.1) is 0 Å². The third kappa shape index (κ3) is 2.93. The summed E-state index contributed by atoms with van der Waals surface area (Å²) >= 11 is 0. The lowest BCUT2D eigenvalue weighted by Crippen LogP contribution is -2.26. The van der Waals surface area contributed by atoms with Crippen molar-refractivity contribution in [3.05, 3.63) is 23.8 Å². The van der Waals surface area contributed by atoms with Gasteiger partial charge in [0.15, 0.2) is 0 Å². The molecule has 17 heavy (non-hydrogen) atoms. The van der Waals surface area contributed by atoms with E-state index >= 15 is 0 Å². The summed E-state index contributed by atoms with van der Waals surface area (Å²) in [7, 11) is 0. The van der Waals surface area contributed by atoms with E-state index in [0.29, 0.717) is 6.04 Å². The molecule has 1 fully saturated rings. The van der Waals surface area contributed by atoms with Gasteiger partial charge >= 0.3 is 0 Å². The zero-order chi connectivity index (χ0) is 12.3. The summed E-state index contributed by atoms with van der Waals surface area (Å²) in [6, 6.07) is 6.75. The molecule has 2 rings (SSSR count). The molecule has 3 N–H and O–H groups in total. The third-order valence-corrected chi connectivity index (χ3v) is 4.08. The van der Waals surface area contributed by atoms with Crippen LogP contribution in [-0.4, -0.2) is 6.04 Å². The van der Waals surface area contributed by atoms with Crippen LogP contribution in [-0.2, 0) is 0 Å². The molecular weight excluding hydrogens is 208 g/mol. The number of rotatable bonds is 2. The Balaban J connectivity index is 2.10. The molecule has 0 aromatic heterocycles. The minimum Gasteiger partial charge on any atom is -0.398 e. The Labute approximate surface area is 105 Å². The number of nitrogens with one attached hydrogen (secondary N) is 1. The molecule has 0 bridgehead atoms. The molecule has 0 radical (unpaired) electrons. The first-order valence-electron chi connectivity index (χ1n) is 6.80. The Morgan fingerprint density at radius 1 is 1.18 bits per heavy atom. The summed E-state index contributed by atoms with van der Waals surface area (Å²) < 4.78 is 0. The molecule has 0 heterocycles. The van der Waals surface area contributed by atoms with Gasteiger partial charge in [0.25, 0.3) is 0 Å². The summed E-state index contributed by atoms with van der Waals surface area (Å²) in [4.78, 5) is 0. The first-order chi connectivity index (χ1) is 8.18. The second-order valence-electron chi connectivity index (χ2n) is 5.39. The minimum absolute atomic E-state index is 0.609. The maximum atomic E-state index is 5.95. The Hall–Kier alpha value is -1.18. The van der Waals surface area contributed by atoms with E-state index in [0.717, 1.165) is 11.6 Å². The molecule has 0 aliphatic heterocycles.